The number of anilines is 1. The van der Waals surface area contributed by atoms with Crippen LogP contribution in [-0.2, 0) is 4.74 Å². The summed E-state index contributed by atoms with van der Waals surface area (Å²) < 4.78 is 5.64. The second kappa shape index (κ2) is 5.80. The molecule has 3 heterocycles. The van der Waals surface area contributed by atoms with Gasteiger partial charge in [-0.15, -0.1) is 0 Å². The minimum absolute atomic E-state index is 0.172. The molecule has 1 aliphatic rings. The monoisotopic (exact) mass is 286 g/mol. The Labute approximate surface area is 121 Å². The number of amides is 1. The van der Waals surface area contributed by atoms with Gasteiger partial charge in [0.15, 0.2) is 0 Å². The summed E-state index contributed by atoms with van der Waals surface area (Å²) >= 11 is 0. The van der Waals surface area contributed by atoms with Crippen molar-refractivity contribution in [2.24, 2.45) is 0 Å². The number of nitrogens with two attached hydrogens (primary N) is 1. The van der Waals surface area contributed by atoms with Crippen molar-refractivity contribution in [2.45, 2.75) is 6.10 Å². The summed E-state index contributed by atoms with van der Waals surface area (Å²) in [6.45, 7) is 1.23. The van der Waals surface area contributed by atoms with Crippen LogP contribution in [0.5, 0.6) is 0 Å². The molecule has 1 unspecified atom stereocenters. The fraction of sp³-hybridized carbons (Fsp3) is 0.308. The molecule has 2 N–H and O–H groups in total. The zero-order valence-corrected chi connectivity index (χ0v) is 11.2. The lowest BCUT2D eigenvalue weighted by molar-refractivity contribution is -0.0249. The molecule has 1 amide bonds. The van der Waals surface area contributed by atoms with Gasteiger partial charge in [0.1, 0.15) is 17.6 Å². The van der Waals surface area contributed by atoms with Crippen molar-refractivity contribution in [2.75, 3.05) is 25.4 Å². The van der Waals surface area contributed by atoms with E-state index in [1.165, 1.54) is 6.20 Å². The number of hydrogen-bond donors (Lipinski definition) is 1. The number of carbonyl (C=O) groups is 1. The molecule has 1 atom stereocenters. The molecule has 3 rings (SSSR count). The van der Waals surface area contributed by atoms with Crippen LogP contribution in [0.25, 0.3) is 0 Å². The number of rotatable bonds is 2. The fourth-order valence-electron chi connectivity index (χ4n) is 2.16. The standard InChI is InChI=1S/C13H14N6O2/c14-11-10(15-4-5-16-11)9-8-19(6-7-21-9)13(20)12-17-2-1-3-18-12/h1-5,9H,6-8H2,(H2,14,16). The number of ether oxygens (including phenoxy) is 1. The Kier molecular flexibility index (Phi) is 3.69. The van der Waals surface area contributed by atoms with Crippen LogP contribution >= 0.6 is 0 Å². The van der Waals surface area contributed by atoms with Gasteiger partial charge in [0.25, 0.3) is 5.91 Å². The second-order valence-electron chi connectivity index (χ2n) is 4.51. The average Bonchev–Trinajstić information content (AvgIpc) is 2.55. The molecule has 1 aliphatic heterocycles. The summed E-state index contributed by atoms with van der Waals surface area (Å²) in [6.07, 6.45) is 5.76. The van der Waals surface area contributed by atoms with E-state index in [0.717, 1.165) is 0 Å². The van der Waals surface area contributed by atoms with E-state index in [-0.39, 0.29) is 17.8 Å². The molecule has 8 nitrogen and oxygen atoms in total. The van der Waals surface area contributed by atoms with Gasteiger partial charge in [-0.3, -0.25) is 9.78 Å². The van der Waals surface area contributed by atoms with E-state index in [9.17, 15) is 4.79 Å². The summed E-state index contributed by atoms with van der Waals surface area (Å²) in [5.41, 5.74) is 6.35. The largest absolute Gasteiger partial charge is 0.382 e. The van der Waals surface area contributed by atoms with Crippen molar-refractivity contribution in [1.82, 2.24) is 24.8 Å². The molecule has 8 heteroatoms. The first-order valence-electron chi connectivity index (χ1n) is 6.50. The van der Waals surface area contributed by atoms with Gasteiger partial charge < -0.3 is 15.4 Å². The van der Waals surface area contributed by atoms with Crippen molar-refractivity contribution >= 4 is 11.7 Å². The Balaban J connectivity index is 1.77. The summed E-state index contributed by atoms with van der Waals surface area (Å²) in [5, 5.41) is 0. The first-order valence-corrected chi connectivity index (χ1v) is 6.50. The fourth-order valence-corrected chi connectivity index (χ4v) is 2.16. The third-order valence-corrected chi connectivity index (χ3v) is 3.17. The van der Waals surface area contributed by atoms with Crippen LogP contribution in [0.4, 0.5) is 5.82 Å². The van der Waals surface area contributed by atoms with Gasteiger partial charge in [0.2, 0.25) is 5.82 Å². The summed E-state index contributed by atoms with van der Waals surface area (Å²) in [5.74, 6) is 0.254. The summed E-state index contributed by atoms with van der Waals surface area (Å²) in [6, 6.07) is 1.67. The second-order valence-corrected chi connectivity index (χ2v) is 4.51. The number of nitrogen functional groups attached to an aromatic ring is 1. The van der Waals surface area contributed by atoms with E-state index in [0.29, 0.717) is 31.2 Å². The van der Waals surface area contributed by atoms with Crippen molar-refractivity contribution < 1.29 is 9.53 Å². The number of carbonyl (C=O) groups excluding carboxylic acids is 1. The van der Waals surface area contributed by atoms with E-state index in [1.807, 2.05) is 0 Å². The van der Waals surface area contributed by atoms with Crippen LogP contribution in [0.1, 0.15) is 22.4 Å². The van der Waals surface area contributed by atoms with Crippen LogP contribution < -0.4 is 5.73 Å². The lowest BCUT2D eigenvalue weighted by Gasteiger charge is -2.32. The topological polar surface area (TPSA) is 107 Å². The third-order valence-electron chi connectivity index (χ3n) is 3.17. The molecule has 0 saturated carbocycles. The zero-order chi connectivity index (χ0) is 14.7. The molecule has 1 fully saturated rings. The van der Waals surface area contributed by atoms with Gasteiger partial charge in [0, 0.05) is 31.3 Å². The molecule has 1 saturated heterocycles. The van der Waals surface area contributed by atoms with Gasteiger partial charge in [-0.25, -0.2) is 15.0 Å². The van der Waals surface area contributed by atoms with Crippen LogP contribution in [0.2, 0.25) is 0 Å². The molecular formula is C13H14N6O2. The highest BCUT2D eigenvalue weighted by Gasteiger charge is 2.29. The van der Waals surface area contributed by atoms with Crippen LogP contribution in [0, 0.1) is 0 Å². The minimum Gasteiger partial charge on any atom is -0.382 e. The van der Waals surface area contributed by atoms with Gasteiger partial charge in [-0.05, 0) is 6.07 Å². The Hall–Kier alpha value is -2.61. The molecule has 108 valence electrons. The van der Waals surface area contributed by atoms with Crippen LogP contribution in [0.3, 0.4) is 0 Å². The van der Waals surface area contributed by atoms with Gasteiger partial charge in [-0.1, -0.05) is 0 Å². The number of hydrogen-bond acceptors (Lipinski definition) is 7. The molecule has 0 bridgehead atoms. The SMILES string of the molecule is Nc1nccnc1C1CN(C(=O)c2ncccn2)CCO1. The Morgan fingerprint density at radius 2 is 1.95 bits per heavy atom. The number of nitrogens with zero attached hydrogens (tertiary/aromatic N) is 5. The summed E-state index contributed by atoms with van der Waals surface area (Å²) in [4.78, 5) is 30.1. The quantitative estimate of drug-likeness (QED) is 0.831. The molecule has 0 spiro atoms. The van der Waals surface area contributed by atoms with Crippen LogP contribution in [0.15, 0.2) is 30.9 Å². The molecule has 2 aromatic heterocycles. The third kappa shape index (κ3) is 2.79. The van der Waals surface area contributed by atoms with E-state index in [2.05, 4.69) is 19.9 Å². The normalized spacial score (nSPS) is 18.5. The summed E-state index contributed by atoms with van der Waals surface area (Å²) in [7, 11) is 0. The van der Waals surface area contributed by atoms with E-state index < -0.39 is 0 Å². The lowest BCUT2D eigenvalue weighted by Crippen LogP contribution is -2.43. The van der Waals surface area contributed by atoms with Gasteiger partial charge in [0.05, 0.1) is 13.2 Å². The lowest BCUT2D eigenvalue weighted by atomic mass is 10.2. The van der Waals surface area contributed by atoms with E-state index in [1.54, 1.807) is 29.6 Å². The highest BCUT2D eigenvalue weighted by Crippen LogP contribution is 2.24. The molecule has 21 heavy (non-hydrogen) atoms. The van der Waals surface area contributed by atoms with E-state index in [4.69, 9.17) is 10.5 Å². The predicted molar refractivity (Wildman–Crippen MR) is 73.1 cm³/mol. The maximum atomic E-state index is 12.3. The van der Waals surface area contributed by atoms with Gasteiger partial charge >= 0.3 is 0 Å². The number of aromatic nitrogens is 4. The minimum atomic E-state index is -0.389. The molecule has 0 radical (unpaired) electrons. The van der Waals surface area contributed by atoms with Crippen molar-refractivity contribution in [3.8, 4) is 0 Å². The van der Waals surface area contributed by atoms with Crippen molar-refractivity contribution in [1.29, 1.82) is 0 Å². The first-order chi connectivity index (χ1) is 10.3. The molecule has 0 aromatic carbocycles. The Bertz CT molecular complexity index is 636. The zero-order valence-electron chi connectivity index (χ0n) is 11.2. The van der Waals surface area contributed by atoms with Gasteiger partial charge in [-0.2, -0.15) is 0 Å². The molecular weight excluding hydrogens is 272 g/mol. The molecule has 0 aliphatic carbocycles. The van der Waals surface area contributed by atoms with Crippen LogP contribution in [-0.4, -0.2) is 50.4 Å². The van der Waals surface area contributed by atoms with Crippen molar-refractivity contribution in [3.05, 3.63) is 42.4 Å². The predicted octanol–water partition coefficient (Wildman–Crippen LogP) is 0.0625. The van der Waals surface area contributed by atoms with Crippen molar-refractivity contribution in [3.63, 3.8) is 0 Å². The Morgan fingerprint density at radius 3 is 2.71 bits per heavy atom. The highest BCUT2D eigenvalue weighted by molar-refractivity contribution is 5.90. The Morgan fingerprint density at radius 1 is 1.19 bits per heavy atom. The maximum absolute atomic E-state index is 12.3. The van der Waals surface area contributed by atoms with E-state index >= 15 is 0 Å². The highest BCUT2D eigenvalue weighted by atomic mass is 16.5. The number of morpholine rings is 1. The molecule has 2 aromatic rings. The smallest absolute Gasteiger partial charge is 0.291 e. The maximum Gasteiger partial charge on any atom is 0.291 e. The average molecular weight is 286 g/mol. The first kappa shape index (κ1) is 13.4.